The van der Waals surface area contributed by atoms with Gasteiger partial charge in [0.1, 0.15) is 0 Å². The maximum absolute atomic E-state index is 12.7. The van der Waals surface area contributed by atoms with Crippen molar-refractivity contribution in [1.29, 1.82) is 0 Å². The third kappa shape index (κ3) is 5.20. The van der Waals surface area contributed by atoms with Crippen molar-refractivity contribution in [2.24, 2.45) is 0 Å². The summed E-state index contributed by atoms with van der Waals surface area (Å²) in [6, 6.07) is 2.61. The molecule has 0 atom stereocenters. The van der Waals surface area contributed by atoms with Gasteiger partial charge in [-0.05, 0) is 24.6 Å². The molecule has 0 unspecified atom stereocenters. The van der Waals surface area contributed by atoms with Gasteiger partial charge < -0.3 is 10.6 Å². The summed E-state index contributed by atoms with van der Waals surface area (Å²) in [7, 11) is 0. The van der Waals surface area contributed by atoms with Crippen molar-refractivity contribution in [3.8, 4) is 0 Å². The van der Waals surface area contributed by atoms with Gasteiger partial charge in [-0.25, -0.2) is 8.78 Å². The summed E-state index contributed by atoms with van der Waals surface area (Å²) in [5.41, 5.74) is -1.14. The summed E-state index contributed by atoms with van der Waals surface area (Å²) in [4.78, 5) is 11.8. The first-order valence-corrected chi connectivity index (χ1v) is 6.27. The van der Waals surface area contributed by atoms with Gasteiger partial charge in [0.15, 0.2) is 0 Å². The standard InChI is InChI=1S/C13H15F5N2O/c1-2-5-19-10-4-3-8(13(16,17)18)6-9(10)12(21)20-7-11(14)15/h3-4,6,11,19H,2,5,7H2,1H3,(H,20,21). The molecule has 1 amide bonds. The Morgan fingerprint density at radius 3 is 2.48 bits per heavy atom. The second kappa shape index (κ2) is 7.24. The molecule has 0 radical (unpaired) electrons. The number of alkyl halides is 5. The second-order valence-corrected chi connectivity index (χ2v) is 4.29. The number of nitrogens with one attached hydrogen (secondary N) is 2. The van der Waals surface area contributed by atoms with E-state index in [0.29, 0.717) is 19.0 Å². The quantitative estimate of drug-likeness (QED) is 0.789. The molecule has 1 aromatic carbocycles. The first-order chi connectivity index (χ1) is 9.75. The summed E-state index contributed by atoms with van der Waals surface area (Å²) in [5, 5.41) is 4.69. The molecule has 8 heteroatoms. The van der Waals surface area contributed by atoms with E-state index in [-0.39, 0.29) is 11.3 Å². The molecular weight excluding hydrogens is 295 g/mol. The summed E-state index contributed by atoms with van der Waals surface area (Å²) < 4.78 is 62.1. The fourth-order valence-corrected chi connectivity index (χ4v) is 1.59. The molecule has 2 N–H and O–H groups in total. The van der Waals surface area contributed by atoms with Crippen molar-refractivity contribution in [3.05, 3.63) is 29.3 Å². The number of halogens is 5. The number of amides is 1. The zero-order valence-corrected chi connectivity index (χ0v) is 11.2. The second-order valence-electron chi connectivity index (χ2n) is 4.29. The predicted octanol–water partition coefficient (Wildman–Crippen LogP) is 3.52. The van der Waals surface area contributed by atoms with Crippen LogP contribution in [0, 0.1) is 0 Å². The summed E-state index contributed by atoms with van der Waals surface area (Å²) >= 11 is 0. The van der Waals surface area contributed by atoms with Crippen molar-refractivity contribution in [2.45, 2.75) is 25.9 Å². The van der Waals surface area contributed by atoms with Gasteiger partial charge in [0.2, 0.25) is 0 Å². The molecular formula is C13H15F5N2O. The lowest BCUT2D eigenvalue weighted by Crippen LogP contribution is -2.29. The number of anilines is 1. The van der Waals surface area contributed by atoms with Gasteiger partial charge in [-0.1, -0.05) is 6.92 Å². The van der Waals surface area contributed by atoms with Crippen molar-refractivity contribution < 1.29 is 26.7 Å². The monoisotopic (exact) mass is 310 g/mol. The number of benzene rings is 1. The van der Waals surface area contributed by atoms with Crippen LogP contribution in [0.5, 0.6) is 0 Å². The van der Waals surface area contributed by atoms with Crippen molar-refractivity contribution in [1.82, 2.24) is 5.32 Å². The largest absolute Gasteiger partial charge is 0.416 e. The highest BCUT2D eigenvalue weighted by Gasteiger charge is 2.31. The van der Waals surface area contributed by atoms with E-state index in [1.165, 1.54) is 0 Å². The molecule has 3 nitrogen and oxygen atoms in total. The Balaban J connectivity index is 3.06. The molecule has 0 aliphatic rings. The van der Waals surface area contributed by atoms with E-state index in [9.17, 15) is 26.7 Å². The van der Waals surface area contributed by atoms with Crippen LogP contribution in [0.15, 0.2) is 18.2 Å². The highest BCUT2D eigenvalue weighted by Crippen LogP contribution is 2.31. The van der Waals surface area contributed by atoms with E-state index in [1.54, 1.807) is 0 Å². The molecule has 0 aliphatic carbocycles. The Hall–Kier alpha value is -1.86. The first kappa shape index (κ1) is 17.2. The van der Waals surface area contributed by atoms with Crippen LogP contribution >= 0.6 is 0 Å². The third-order valence-electron chi connectivity index (χ3n) is 2.57. The minimum absolute atomic E-state index is 0.177. The van der Waals surface area contributed by atoms with Crippen LogP contribution < -0.4 is 10.6 Å². The Morgan fingerprint density at radius 2 is 1.95 bits per heavy atom. The highest BCUT2D eigenvalue weighted by atomic mass is 19.4. The summed E-state index contributed by atoms with van der Waals surface area (Å²) in [5.74, 6) is -0.972. The molecule has 0 aliphatic heterocycles. The van der Waals surface area contributed by atoms with E-state index >= 15 is 0 Å². The van der Waals surface area contributed by atoms with Gasteiger partial charge >= 0.3 is 6.18 Å². The van der Waals surface area contributed by atoms with Gasteiger partial charge in [0, 0.05) is 12.2 Å². The zero-order chi connectivity index (χ0) is 16.0. The summed E-state index contributed by atoms with van der Waals surface area (Å²) in [6.07, 6.45) is -6.69. The van der Waals surface area contributed by atoms with Crippen LogP contribution in [0.3, 0.4) is 0 Å². The van der Waals surface area contributed by atoms with Crippen LogP contribution in [0.4, 0.5) is 27.6 Å². The predicted molar refractivity (Wildman–Crippen MR) is 68.6 cm³/mol. The van der Waals surface area contributed by atoms with E-state index in [0.717, 1.165) is 12.1 Å². The smallest absolute Gasteiger partial charge is 0.384 e. The van der Waals surface area contributed by atoms with Crippen LogP contribution in [0.2, 0.25) is 0 Å². The van der Waals surface area contributed by atoms with Crippen LogP contribution in [0.1, 0.15) is 29.3 Å². The fourth-order valence-electron chi connectivity index (χ4n) is 1.59. The molecule has 0 heterocycles. The Labute approximate surface area is 118 Å². The Morgan fingerprint density at radius 1 is 1.29 bits per heavy atom. The van der Waals surface area contributed by atoms with Gasteiger partial charge in [0.25, 0.3) is 12.3 Å². The average molecular weight is 310 g/mol. The van der Waals surface area contributed by atoms with Gasteiger partial charge in [0.05, 0.1) is 17.7 Å². The van der Waals surface area contributed by atoms with Crippen molar-refractivity contribution >= 4 is 11.6 Å². The fraction of sp³-hybridized carbons (Fsp3) is 0.462. The molecule has 0 spiro atoms. The highest BCUT2D eigenvalue weighted by molar-refractivity contribution is 5.99. The minimum Gasteiger partial charge on any atom is -0.384 e. The first-order valence-electron chi connectivity index (χ1n) is 6.27. The third-order valence-corrected chi connectivity index (χ3v) is 2.57. The molecule has 0 saturated carbocycles. The summed E-state index contributed by atoms with van der Waals surface area (Å²) in [6.45, 7) is 1.37. The van der Waals surface area contributed by atoms with E-state index in [4.69, 9.17) is 0 Å². The van der Waals surface area contributed by atoms with Gasteiger partial charge in [-0.3, -0.25) is 4.79 Å². The molecule has 0 bridgehead atoms. The maximum Gasteiger partial charge on any atom is 0.416 e. The number of carbonyl (C=O) groups excluding carboxylic acids is 1. The number of hydrogen-bond acceptors (Lipinski definition) is 2. The SMILES string of the molecule is CCCNc1ccc(C(F)(F)F)cc1C(=O)NCC(F)F. The topological polar surface area (TPSA) is 41.1 Å². The molecule has 0 fully saturated rings. The molecule has 1 aromatic rings. The average Bonchev–Trinajstić information content (AvgIpc) is 2.41. The van der Waals surface area contributed by atoms with Crippen molar-refractivity contribution in [3.63, 3.8) is 0 Å². The lowest BCUT2D eigenvalue weighted by atomic mass is 10.1. The maximum atomic E-state index is 12.7. The van der Waals surface area contributed by atoms with Crippen LogP contribution in [-0.4, -0.2) is 25.4 Å². The molecule has 0 saturated heterocycles. The minimum atomic E-state index is -4.61. The number of carbonyl (C=O) groups is 1. The van der Waals surface area contributed by atoms with E-state index < -0.39 is 30.6 Å². The molecule has 1 rings (SSSR count). The molecule has 21 heavy (non-hydrogen) atoms. The Bertz CT molecular complexity index is 488. The Kier molecular flexibility index (Phi) is 5.92. The van der Waals surface area contributed by atoms with E-state index in [2.05, 4.69) is 5.32 Å². The number of hydrogen-bond donors (Lipinski definition) is 2. The van der Waals surface area contributed by atoms with Gasteiger partial charge in [-0.2, -0.15) is 13.2 Å². The van der Waals surface area contributed by atoms with Gasteiger partial charge in [-0.15, -0.1) is 0 Å². The van der Waals surface area contributed by atoms with Crippen molar-refractivity contribution in [2.75, 3.05) is 18.4 Å². The van der Waals surface area contributed by atoms with Crippen LogP contribution in [-0.2, 0) is 6.18 Å². The zero-order valence-electron chi connectivity index (χ0n) is 11.2. The lowest BCUT2D eigenvalue weighted by molar-refractivity contribution is -0.137. The number of rotatable bonds is 6. The van der Waals surface area contributed by atoms with E-state index in [1.807, 2.05) is 12.2 Å². The molecule has 0 aromatic heterocycles. The lowest BCUT2D eigenvalue weighted by Gasteiger charge is -2.14. The van der Waals surface area contributed by atoms with Crippen LogP contribution in [0.25, 0.3) is 0 Å². The molecule has 118 valence electrons. The normalized spacial score (nSPS) is 11.6.